The molecule has 0 aromatic carbocycles. The van der Waals surface area contributed by atoms with Crippen LogP contribution in [0.15, 0.2) is 0 Å². The highest BCUT2D eigenvalue weighted by molar-refractivity contribution is 5.96. The van der Waals surface area contributed by atoms with Crippen LogP contribution in [0.5, 0.6) is 0 Å². The zero-order valence-electron chi connectivity index (χ0n) is 9.04. The predicted molar refractivity (Wildman–Crippen MR) is 49.6 cm³/mol. The lowest BCUT2D eigenvalue weighted by Gasteiger charge is -2.36. The third kappa shape index (κ3) is 2.86. The van der Waals surface area contributed by atoms with Gasteiger partial charge >= 0.3 is 12.2 Å². The number of hydrogen-bond acceptors (Lipinski definition) is 2. The maximum absolute atomic E-state index is 12.2. The fraction of sp³-hybridized carbons (Fsp3) is 0.778. The first-order valence-corrected chi connectivity index (χ1v) is 4.90. The summed E-state index contributed by atoms with van der Waals surface area (Å²) < 4.78 is 36.5. The minimum absolute atomic E-state index is 0.0556. The van der Waals surface area contributed by atoms with E-state index in [-0.39, 0.29) is 23.9 Å². The van der Waals surface area contributed by atoms with Gasteiger partial charge in [-0.15, -0.1) is 0 Å². The number of carbonyl (C=O) groups excluding carboxylic acids is 2. The Hall–Kier alpha value is -1.27. The summed E-state index contributed by atoms with van der Waals surface area (Å²) >= 11 is 0. The van der Waals surface area contributed by atoms with E-state index in [1.807, 2.05) is 0 Å². The molecule has 92 valence electrons. The van der Waals surface area contributed by atoms with Gasteiger partial charge in [0.05, 0.1) is 0 Å². The first-order valence-electron chi connectivity index (χ1n) is 4.90. The van der Waals surface area contributed by atoms with Gasteiger partial charge in [-0.05, 0) is 13.8 Å². The molecule has 0 aromatic heterocycles. The number of rotatable bonds is 2. The standard InChI is InChI=1S/C9H13F3N2O2/c1-6(2)13-4-3-7(15)14(8(13)16)5-9(10,11)12/h6H,3-5H2,1-2H3. The van der Waals surface area contributed by atoms with Crippen LogP contribution in [0.1, 0.15) is 20.3 Å². The molecule has 1 rings (SSSR count). The van der Waals surface area contributed by atoms with Crippen molar-refractivity contribution in [3.8, 4) is 0 Å². The molecule has 16 heavy (non-hydrogen) atoms. The summed E-state index contributed by atoms with van der Waals surface area (Å²) in [5.41, 5.74) is 0. The molecule has 1 aliphatic heterocycles. The second-order valence-electron chi connectivity index (χ2n) is 3.91. The summed E-state index contributed by atoms with van der Waals surface area (Å²) in [5, 5.41) is 0. The molecule has 4 nitrogen and oxygen atoms in total. The molecule has 7 heteroatoms. The largest absolute Gasteiger partial charge is 0.406 e. The number of nitrogens with zero attached hydrogens (tertiary/aromatic N) is 2. The number of hydrogen-bond donors (Lipinski definition) is 0. The molecule has 0 saturated carbocycles. The Morgan fingerprint density at radius 2 is 1.88 bits per heavy atom. The maximum atomic E-state index is 12.2. The number of amides is 3. The van der Waals surface area contributed by atoms with Gasteiger partial charge in [-0.25, -0.2) is 4.79 Å². The molecular weight excluding hydrogens is 225 g/mol. The monoisotopic (exact) mass is 238 g/mol. The van der Waals surface area contributed by atoms with E-state index in [2.05, 4.69) is 0 Å². The van der Waals surface area contributed by atoms with Gasteiger partial charge in [0, 0.05) is 19.0 Å². The molecule has 0 spiro atoms. The normalized spacial score (nSPS) is 18.6. The zero-order chi connectivity index (χ0) is 12.5. The van der Waals surface area contributed by atoms with E-state index in [0.717, 1.165) is 0 Å². The summed E-state index contributed by atoms with van der Waals surface area (Å²) in [6.07, 6.45) is -4.61. The van der Waals surface area contributed by atoms with E-state index in [1.165, 1.54) is 4.90 Å². The van der Waals surface area contributed by atoms with Crippen molar-refractivity contribution in [1.29, 1.82) is 0 Å². The molecule has 1 saturated heterocycles. The number of imide groups is 1. The van der Waals surface area contributed by atoms with Gasteiger partial charge in [-0.2, -0.15) is 13.2 Å². The molecule has 3 amide bonds. The van der Waals surface area contributed by atoms with Crippen LogP contribution in [-0.2, 0) is 4.79 Å². The average Bonchev–Trinajstić information content (AvgIpc) is 2.10. The smallest absolute Gasteiger partial charge is 0.321 e. The van der Waals surface area contributed by atoms with Crippen molar-refractivity contribution in [2.24, 2.45) is 0 Å². The third-order valence-corrected chi connectivity index (χ3v) is 2.30. The van der Waals surface area contributed by atoms with Crippen LogP contribution in [-0.4, -0.2) is 47.0 Å². The molecule has 0 unspecified atom stereocenters. The Balaban J connectivity index is 2.80. The molecule has 0 aliphatic carbocycles. The molecular formula is C9H13F3N2O2. The lowest BCUT2D eigenvalue weighted by Crippen LogP contribution is -2.56. The SMILES string of the molecule is CC(C)N1CCC(=O)N(CC(F)(F)F)C1=O. The Morgan fingerprint density at radius 1 is 1.31 bits per heavy atom. The second-order valence-corrected chi connectivity index (χ2v) is 3.91. The molecule has 0 N–H and O–H groups in total. The van der Waals surface area contributed by atoms with Gasteiger partial charge in [0.15, 0.2) is 0 Å². The van der Waals surface area contributed by atoms with Crippen molar-refractivity contribution in [2.75, 3.05) is 13.1 Å². The summed E-state index contributed by atoms with van der Waals surface area (Å²) in [4.78, 5) is 24.3. The summed E-state index contributed by atoms with van der Waals surface area (Å²) in [7, 11) is 0. The van der Waals surface area contributed by atoms with E-state index in [0.29, 0.717) is 0 Å². The lowest BCUT2D eigenvalue weighted by molar-refractivity contribution is -0.158. The molecule has 1 heterocycles. The highest BCUT2D eigenvalue weighted by atomic mass is 19.4. The highest BCUT2D eigenvalue weighted by Crippen LogP contribution is 2.21. The molecule has 0 aromatic rings. The van der Waals surface area contributed by atoms with E-state index >= 15 is 0 Å². The molecule has 0 radical (unpaired) electrons. The molecule has 0 atom stereocenters. The summed E-state index contributed by atoms with van der Waals surface area (Å²) in [6, 6.07) is -1.07. The number of urea groups is 1. The predicted octanol–water partition coefficient (Wildman–Crippen LogP) is 1.61. The first-order chi connectivity index (χ1) is 7.22. The van der Waals surface area contributed by atoms with Crippen LogP contribution < -0.4 is 0 Å². The van der Waals surface area contributed by atoms with Crippen molar-refractivity contribution >= 4 is 11.9 Å². The lowest BCUT2D eigenvalue weighted by atomic mass is 10.2. The number of alkyl halides is 3. The van der Waals surface area contributed by atoms with E-state index in [9.17, 15) is 22.8 Å². The fourth-order valence-corrected chi connectivity index (χ4v) is 1.52. The topological polar surface area (TPSA) is 40.6 Å². The average molecular weight is 238 g/mol. The molecule has 1 aliphatic rings. The first kappa shape index (κ1) is 12.8. The van der Waals surface area contributed by atoms with Crippen LogP contribution in [0.25, 0.3) is 0 Å². The van der Waals surface area contributed by atoms with Gasteiger partial charge in [-0.1, -0.05) is 0 Å². The van der Waals surface area contributed by atoms with Crippen LogP contribution in [0.2, 0.25) is 0 Å². The van der Waals surface area contributed by atoms with Crippen LogP contribution in [0, 0.1) is 0 Å². The Labute approximate surface area is 91.0 Å². The minimum atomic E-state index is -4.55. The zero-order valence-corrected chi connectivity index (χ0v) is 9.04. The van der Waals surface area contributed by atoms with Gasteiger partial charge in [-0.3, -0.25) is 9.69 Å². The van der Waals surface area contributed by atoms with Gasteiger partial charge < -0.3 is 4.90 Å². The van der Waals surface area contributed by atoms with E-state index < -0.39 is 24.7 Å². The van der Waals surface area contributed by atoms with Crippen molar-refractivity contribution in [2.45, 2.75) is 32.5 Å². The summed E-state index contributed by atoms with van der Waals surface area (Å²) in [6.45, 7) is 2.07. The number of carbonyl (C=O) groups is 2. The highest BCUT2D eigenvalue weighted by Gasteiger charge is 2.40. The molecule has 0 bridgehead atoms. The second kappa shape index (κ2) is 4.31. The van der Waals surface area contributed by atoms with Crippen molar-refractivity contribution < 1.29 is 22.8 Å². The van der Waals surface area contributed by atoms with Crippen molar-refractivity contribution in [1.82, 2.24) is 9.80 Å². The quantitative estimate of drug-likeness (QED) is 0.733. The van der Waals surface area contributed by atoms with Gasteiger partial charge in [0.25, 0.3) is 0 Å². The van der Waals surface area contributed by atoms with Crippen molar-refractivity contribution in [3.05, 3.63) is 0 Å². The summed E-state index contributed by atoms with van der Waals surface area (Å²) in [5.74, 6) is -0.765. The minimum Gasteiger partial charge on any atom is -0.321 e. The number of halogens is 3. The van der Waals surface area contributed by atoms with E-state index in [4.69, 9.17) is 0 Å². The van der Waals surface area contributed by atoms with Crippen LogP contribution in [0.4, 0.5) is 18.0 Å². The fourth-order valence-electron chi connectivity index (χ4n) is 1.52. The Kier molecular flexibility index (Phi) is 3.44. The Morgan fingerprint density at radius 3 is 2.31 bits per heavy atom. The van der Waals surface area contributed by atoms with Crippen LogP contribution in [0.3, 0.4) is 0 Å². The maximum Gasteiger partial charge on any atom is 0.406 e. The van der Waals surface area contributed by atoms with Gasteiger partial charge in [0.2, 0.25) is 5.91 Å². The molecule has 1 fully saturated rings. The third-order valence-electron chi connectivity index (χ3n) is 2.30. The van der Waals surface area contributed by atoms with Crippen LogP contribution >= 0.6 is 0 Å². The Bertz CT molecular complexity index is 302. The van der Waals surface area contributed by atoms with Crippen molar-refractivity contribution in [3.63, 3.8) is 0 Å². The van der Waals surface area contributed by atoms with Gasteiger partial charge in [0.1, 0.15) is 6.54 Å². The van der Waals surface area contributed by atoms with E-state index in [1.54, 1.807) is 13.8 Å².